The van der Waals surface area contributed by atoms with Crippen LogP contribution < -0.4 is 0 Å². The topological polar surface area (TPSA) is 69.4 Å². The number of ether oxygens (including phenoxy) is 1. The smallest absolute Gasteiger partial charge is 0.333 e. The van der Waals surface area contributed by atoms with Crippen LogP contribution in [0, 0.1) is 10.1 Å². The summed E-state index contributed by atoms with van der Waals surface area (Å²) in [5.74, 6) is -0.602. The van der Waals surface area contributed by atoms with Gasteiger partial charge in [0.15, 0.2) is 6.61 Å². The Kier molecular flexibility index (Phi) is 3.59. The van der Waals surface area contributed by atoms with Crippen molar-refractivity contribution in [2.75, 3.05) is 6.61 Å². The van der Waals surface area contributed by atoms with E-state index in [0.717, 1.165) is 0 Å². The van der Waals surface area contributed by atoms with E-state index in [2.05, 4.69) is 11.3 Å². The molecule has 0 aromatic rings. The van der Waals surface area contributed by atoms with Gasteiger partial charge in [-0.3, -0.25) is 10.1 Å². The molecule has 0 radical (unpaired) electrons. The molecule has 0 N–H and O–H groups in total. The molecule has 0 fully saturated rings. The van der Waals surface area contributed by atoms with Gasteiger partial charge in [-0.15, -0.1) is 0 Å². The summed E-state index contributed by atoms with van der Waals surface area (Å²) < 4.78 is 4.65. The molecule has 13 heavy (non-hydrogen) atoms. The van der Waals surface area contributed by atoms with Gasteiger partial charge in [-0.05, 0) is 6.92 Å². The van der Waals surface area contributed by atoms with Gasteiger partial charge in [0, 0.05) is 24.3 Å². The fraction of sp³-hybridized carbons (Fsp3) is 0.625. The molecule has 0 atom stereocenters. The molecule has 5 nitrogen and oxygen atoms in total. The molecule has 5 heteroatoms. The molecule has 0 aromatic heterocycles. The summed E-state index contributed by atoms with van der Waals surface area (Å²) in [4.78, 5) is 20.8. The van der Waals surface area contributed by atoms with Crippen molar-refractivity contribution >= 4 is 5.97 Å². The summed E-state index contributed by atoms with van der Waals surface area (Å²) in [6.45, 7) is 7.37. The molecule has 0 spiro atoms. The number of carbonyl (C=O) groups excluding carboxylic acids is 1. The van der Waals surface area contributed by atoms with E-state index < -0.39 is 16.4 Å². The van der Waals surface area contributed by atoms with Crippen LogP contribution in [0.4, 0.5) is 0 Å². The number of esters is 1. The summed E-state index contributed by atoms with van der Waals surface area (Å²) in [5.41, 5.74) is -1.01. The summed E-state index contributed by atoms with van der Waals surface area (Å²) >= 11 is 0. The van der Waals surface area contributed by atoms with Crippen LogP contribution in [0.25, 0.3) is 0 Å². The standard InChI is InChI=1S/C8H13NO4/c1-6(2)7(10)13-5-8(3,4)9(11)12/h1,5H2,2-4H3. The zero-order chi connectivity index (χ0) is 10.6. The van der Waals surface area contributed by atoms with Crippen LogP contribution in [0.3, 0.4) is 0 Å². The molecule has 0 heterocycles. The number of hydrogen-bond donors (Lipinski definition) is 0. The molecule has 0 unspecified atom stereocenters. The second-order valence-electron chi connectivity index (χ2n) is 3.43. The monoisotopic (exact) mass is 187 g/mol. The predicted molar refractivity (Wildman–Crippen MR) is 46.8 cm³/mol. The number of nitro groups is 1. The van der Waals surface area contributed by atoms with E-state index in [4.69, 9.17) is 0 Å². The zero-order valence-corrected chi connectivity index (χ0v) is 7.99. The maximum absolute atomic E-state index is 10.9. The van der Waals surface area contributed by atoms with Crippen molar-refractivity contribution in [3.8, 4) is 0 Å². The Morgan fingerprint density at radius 1 is 1.62 bits per heavy atom. The average Bonchev–Trinajstić information content (AvgIpc) is 1.99. The van der Waals surface area contributed by atoms with Crippen LogP contribution in [0.15, 0.2) is 12.2 Å². The van der Waals surface area contributed by atoms with Crippen molar-refractivity contribution in [2.45, 2.75) is 26.3 Å². The fourth-order valence-corrected chi connectivity index (χ4v) is 0.418. The van der Waals surface area contributed by atoms with Crippen molar-refractivity contribution < 1.29 is 14.5 Å². The fourth-order valence-electron chi connectivity index (χ4n) is 0.418. The van der Waals surface area contributed by atoms with Crippen LogP contribution in [0.5, 0.6) is 0 Å². The first-order chi connectivity index (χ1) is 5.77. The number of carbonyl (C=O) groups is 1. The summed E-state index contributed by atoms with van der Waals surface area (Å²) in [5, 5.41) is 10.4. The lowest BCUT2D eigenvalue weighted by atomic mass is 10.1. The molecule has 0 bridgehead atoms. The number of hydrogen-bond acceptors (Lipinski definition) is 4. The van der Waals surface area contributed by atoms with Crippen LogP contribution in [-0.4, -0.2) is 23.0 Å². The van der Waals surface area contributed by atoms with Gasteiger partial charge < -0.3 is 4.74 Å². The highest BCUT2D eigenvalue weighted by molar-refractivity contribution is 5.86. The van der Waals surface area contributed by atoms with Crippen molar-refractivity contribution in [2.24, 2.45) is 0 Å². The second-order valence-corrected chi connectivity index (χ2v) is 3.43. The Labute approximate surface area is 76.5 Å². The summed E-state index contributed by atoms with van der Waals surface area (Å²) in [6, 6.07) is 0. The Bertz CT molecular complexity index is 245. The Morgan fingerprint density at radius 3 is 2.38 bits per heavy atom. The molecule has 0 amide bonds. The third kappa shape index (κ3) is 3.68. The van der Waals surface area contributed by atoms with Gasteiger partial charge in [0.2, 0.25) is 5.54 Å². The lowest BCUT2D eigenvalue weighted by Crippen LogP contribution is -2.37. The van der Waals surface area contributed by atoms with Crippen molar-refractivity contribution in [1.29, 1.82) is 0 Å². The van der Waals surface area contributed by atoms with Crippen molar-refractivity contribution in [3.05, 3.63) is 22.3 Å². The van der Waals surface area contributed by atoms with E-state index in [9.17, 15) is 14.9 Å². The van der Waals surface area contributed by atoms with Crippen LogP contribution >= 0.6 is 0 Å². The van der Waals surface area contributed by atoms with E-state index in [-0.39, 0.29) is 12.2 Å². The minimum Gasteiger partial charge on any atom is -0.455 e. The minimum absolute atomic E-state index is 0.235. The van der Waals surface area contributed by atoms with Crippen LogP contribution in [-0.2, 0) is 9.53 Å². The molecule has 0 aromatic carbocycles. The molecular formula is C8H13NO4. The Balaban J connectivity index is 4.10. The van der Waals surface area contributed by atoms with Crippen molar-refractivity contribution in [1.82, 2.24) is 0 Å². The lowest BCUT2D eigenvalue weighted by Gasteiger charge is -2.15. The van der Waals surface area contributed by atoms with Gasteiger partial charge >= 0.3 is 5.97 Å². The molecular weight excluding hydrogens is 174 g/mol. The van der Waals surface area contributed by atoms with Gasteiger partial charge in [-0.1, -0.05) is 6.58 Å². The van der Waals surface area contributed by atoms with Gasteiger partial charge in [0.1, 0.15) is 0 Å². The molecule has 0 aliphatic heterocycles. The summed E-state index contributed by atoms with van der Waals surface area (Å²) in [6.07, 6.45) is 0. The van der Waals surface area contributed by atoms with Gasteiger partial charge in [0.05, 0.1) is 0 Å². The zero-order valence-electron chi connectivity index (χ0n) is 7.99. The summed E-state index contributed by atoms with van der Waals surface area (Å²) in [7, 11) is 0. The van der Waals surface area contributed by atoms with E-state index in [1.807, 2.05) is 0 Å². The first-order valence-electron chi connectivity index (χ1n) is 3.74. The maximum Gasteiger partial charge on any atom is 0.333 e. The average molecular weight is 187 g/mol. The molecule has 0 saturated carbocycles. The Hall–Kier alpha value is -1.39. The second kappa shape index (κ2) is 4.02. The largest absolute Gasteiger partial charge is 0.455 e. The molecule has 74 valence electrons. The van der Waals surface area contributed by atoms with Gasteiger partial charge in [-0.2, -0.15) is 0 Å². The molecule has 0 rings (SSSR count). The number of nitrogens with zero attached hydrogens (tertiary/aromatic N) is 1. The number of rotatable bonds is 4. The first-order valence-corrected chi connectivity index (χ1v) is 3.74. The molecule has 0 aliphatic carbocycles. The highest BCUT2D eigenvalue weighted by atomic mass is 16.6. The van der Waals surface area contributed by atoms with E-state index in [1.54, 1.807) is 0 Å². The SMILES string of the molecule is C=C(C)C(=O)OCC(C)(C)[N+](=O)[O-]. The molecule has 0 saturated heterocycles. The minimum atomic E-state index is -1.24. The molecule has 0 aliphatic rings. The van der Waals surface area contributed by atoms with E-state index in [1.165, 1.54) is 20.8 Å². The van der Waals surface area contributed by atoms with Gasteiger partial charge in [0.25, 0.3) is 0 Å². The maximum atomic E-state index is 10.9. The third-order valence-corrected chi connectivity index (χ3v) is 1.40. The van der Waals surface area contributed by atoms with E-state index >= 15 is 0 Å². The third-order valence-electron chi connectivity index (χ3n) is 1.40. The Morgan fingerprint density at radius 2 is 2.08 bits per heavy atom. The first kappa shape index (κ1) is 11.6. The predicted octanol–water partition coefficient (Wildman–Crippen LogP) is 1.16. The highest BCUT2D eigenvalue weighted by Gasteiger charge is 2.32. The quantitative estimate of drug-likeness (QED) is 0.286. The van der Waals surface area contributed by atoms with Crippen LogP contribution in [0.2, 0.25) is 0 Å². The van der Waals surface area contributed by atoms with Crippen LogP contribution in [0.1, 0.15) is 20.8 Å². The lowest BCUT2D eigenvalue weighted by molar-refractivity contribution is -0.563. The van der Waals surface area contributed by atoms with Gasteiger partial charge in [-0.25, -0.2) is 4.79 Å². The van der Waals surface area contributed by atoms with E-state index in [0.29, 0.717) is 0 Å². The normalized spacial score (nSPS) is 10.7. The highest BCUT2D eigenvalue weighted by Crippen LogP contribution is 2.08. The van der Waals surface area contributed by atoms with Crippen molar-refractivity contribution in [3.63, 3.8) is 0 Å².